The molecular formula is C14H17BrN2. The van der Waals surface area contributed by atoms with Crippen LogP contribution < -0.4 is 5.73 Å². The van der Waals surface area contributed by atoms with E-state index in [1.54, 1.807) is 0 Å². The predicted octanol–water partition coefficient (Wildman–Crippen LogP) is 3.55. The number of benzene rings is 1. The molecule has 1 saturated carbocycles. The highest BCUT2D eigenvalue weighted by Crippen LogP contribution is 2.42. The number of aryl methyl sites for hydroxylation is 1. The highest BCUT2D eigenvalue weighted by molar-refractivity contribution is 9.10. The molecule has 3 heteroatoms. The minimum atomic E-state index is 0.710. The zero-order valence-electron chi connectivity index (χ0n) is 10.0. The van der Waals surface area contributed by atoms with Gasteiger partial charge in [0.15, 0.2) is 0 Å². The fourth-order valence-electron chi connectivity index (χ4n) is 2.75. The third-order valence-electron chi connectivity index (χ3n) is 3.64. The van der Waals surface area contributed by atoms with Gasteiger partial charge in [-0.15, -0.1) is 0 Å². The Balaban J connectivity index is 2.33. The molecular weight excluding hydrogens is 276 g/mol. The van der Waals surface area contributed by atoms with Crippen molar-refractivity contribution in [2.45, 2.75) is 32.2 Å². The molecule has 0 bridgehead atoms. The number of nitrogens with zero attached hydrogens (tertiary/aromatic N) is 1. The first kappa shape index (κ1) is 11.3. The van der Waals surface area contributed by atoms with E-state index in [0.717, 1.165) is 13.0 Å². The lowest BCUT2D eigenvalue weighted by molar-refractivity contribution is 0.711. The molecule has 0 spiro atoms. The van der Waals surface area contributed by atoms with Gasteiger partial charge < -0.3 is 10.3 Å². The molecule has 17 heavy (non-hydrogen) atoms. The average Bonchev–Trinajstić information content (AvgIpc) is 3.08. The summed E-state index contributed by atoms with van der Waals surface area (Å²) in [7, 11) is 0. The zero-order valence-corrected chi connectivity index (χ0v) is 11.6. The van der Waals surface area contributed by atoms with E-state index in [0.29, 0.717) is 6.04 Å². The van der Waals surface area contributed by atoms with Crippen molar-refractivity contribution in [2.24, 2.45) is 5.73 Å². The van der Waals surface area contributed by atoms with Crippen LogP contribution in [0.5, 0.6) is 0 Å². The highest BCUT2D eigenvalue weighted by atomic mass is 79.9. The molecule has 0 saturated heterocycles. The maximum atomic E-state index is 5.75. The van der Waals surface area contributed by atoms with Crippen molar-refractivity contribution in [3.63, 3.8) is 0 Å². The topological polar surface area (TPSA) is 30.9 Å². The first-order valence-electron chi connectivity index (χ1n) is 6.22. The second-order valence-corrected chi connectivity index (χ2v) is 5.70. The van der Waals surface area contributed by atoms with E-state index < -0.39 is 0 Å². The van der Waals surface area contributed by atoms with Crippen LogP contribution in [0, 0.1) is 6.92 Å². The van der Waals surface area contributed by atoms with E-state index >= 15 is 0 Å². The molecule has 1 heterocycles. The second kappa shape index (κ2) is 4.14. The first-order valence-corrected chi connectivity index (χ1v) is 7.01. The Hall–Kier alpha value is -0.800. The molecule has 90 valence electrons. The number of hydrogen-bond acceptors (Lipinski definition) is 1. The van der Waals surface area contributed by atoms with Crippen LogP contribution in [0.2, 0.25) is 0 Å². The number of rotatable bonds is 3. The van der Waals surface area contributed by atoms with Gasteiger partial charge in [0.25, 0.3) is 0 Å². The quantitative estimate of drug-likeness (QED) is 0.922. The van der Waals surface area contributed by atoms with Crippen molar-refractivity contribution >= 4 is 26.8 Å². The normalized spacial score (nSPS) is 15.7. The van der Waals surface area contributed by atoms with Gasteiger partial charge in [0.05, 0.1) is 0 Å². The summed E-state index contributed by atoms with van der Waals surface area (Å²) in [6, 6.07) is 7.18. The largest absolute Gasteiger partial charge is 0.341 e. The minimum Gasteiger partial charge on any atom is -0.341 e. The lowest BCUT2D eigenvalue weighted by Gasteiger charge is -2.09. The number of hydrogen-bond donors (Lipinski definition) is 1. The summed E-state index contributed by atoms with van der Waals surface area (Å²) in [5.41, 5.74) is 9.94. The van der Waals surface area contributed by atoms with Gasteiger partial charge in [0.2, 0.25) is 0 Å². The minimum absolute atomic E-state index is 0.710. The lowest BCUT2D eigenvalue weighted by Crippen LogP contribution is -2.09. The molecule has 2 nitrogen and oxygen atoms in total. The molecule has 0 amide bonds. The second-order valence-electron chi connectivity index (χ2n) is 4.85. The molecule has 1 aromatic carbocycles. The Labute approximate surface area is 110 Å². The third kappa shape index (κ3) is 1.72. The Bertz CT molecular complexity index is 567. The van der Waals surface area contributed by atoms with Crippen molar-refractivity contribution in [1.82, 2.24) is 4.57 Å². The molecule has 0 atom stereocenters. The van der Waals surface area contributed by atoms with Crippen LogP contribution in [0.1, 0.15) is 30.1 Å². The van der Waals surface area contributed by atoms with Crippen LogP contribution in [0.4, 0.5) is 0 Å². The van der Waals surface area contributed by atoms with E-state index in [1.807, 2.05) is 0 Å². The van der Waals surface area contributed by atoms with Crippen LogP contribution in [0.3, 0.4) is 0 Å². The molecule has 2 aromatic rings. The summed E-state index contributed by atoms with van der Waals surface area (Å²) >= 11 is 3.67. The number of nitrogens with two attached hydrogens (primary N) is 1. The van der Waals surface area contributed by atoms with Gasteiger partial charge in [0.1, 0.15) is 0 Å². The molecule has 1 fully saturated rings. The molecule has 3 rings (SSSR count). The highest BCUT2D eigenvalue weighted by Gasteiger charge is 2.28. The first-order chi connectivity index (χ1) is 8.24. The van der Waals surface area contributed by atoms with E-state index in [-0.39, 0.29) is 0 Å². The summed E-state index contributed by atoms with van der Waals surface area (Å²) in [5.74, 6) is 0. The Kier molecular flexibility index (Phi) is 2.75. The molecule has 0 radical (unpaired) electrons. The van der Waals surface area contributed by atoms with Crippen LogP contribution in [0.25, 0.3) is 10.9 Å². The Morgan fingerprint density at radius 3 is 2.82 bits per heavy atom. The molecule has 0 aliphatic heterocycles. The SMILES string of the molecule is Cc1c(CCN)n(C2CC2)c2cccc(Br)c12. The Morgan fingerprint density at radius 2 is 2.18 bits per heavy atom. The van der Waals surface area contributed by atoms with Crippen molar-refractivity contribution in [3.8, 4) is 0 Å². The van der Waals surface area contributed by atoms with Crippen LogP contribution in [0.15, 0.2) is 22.7 Å². The number of fused-ring (bicyclic) bond motifs is 1. The zero-order chi connectivity index (χ0) is 12.0. The molecule has 1 aliphatic carbocycles. The van der Waals surface area contributed by atoms with E-state index in [9.17, 15) is 0 Å². The summed E-state index contributed by atoms with van der Waals surface area (Å²) in [6.45, 7) is 2.94. The van der Waals surface area contributed by atoms with Crippen molar-refractivity contribution < 1.29 is 0 Å². The van der Waals surface area contributed by atoms with Gasteiger partial charge in [-0.2, -0.15) is 0 Å². The number of halogens is 1. The van der Waals surface area contributed by atoms with E-state index in [4.69, 9.17) is 5.73 Å². The predicted molar refractivity (Wildman–Crippen MR) is 75.4 cm³/mol. The molecule has 1 aromatic heterocycles. The van der Waals surface area contributed by atoms with Crippen LogP contribution in [-0.2, 0) is 6.42 Å². The molecule has 1 aliphatic rings. The Morgan fingerprint density at radius 1 is 1.41 bits per heavy atom. The lowest BCUT2D eigenvalue weighted by atomic mass is 10.1. The average molecular weight is 293 g/mol. The van der Waals surface area contributed by atoms with Crippen molar-refractivity contribution in [3.05, 3.63) is 33.9 Å². The van der Waals surface area contributed by atoms with E-state index in [2.05, 4.69) is 45.6 Å². The summed E-state index contributed by atoms with van der Waals surface area (Å²) in [6.07, 6.45) is 3.60. The molecule has 2 N–H and O–H groups in total. The fourth-order valence-corrected chi connectivity index (χ4v) is 3.40. The van der Waals surface area contributed by atoms with Crippen molar-refractivity contribution in [2.75, 3.05) is 6.54 Å². The van der Waals surface area contributed by atoms with Crippen molar-refractivity contribution in [1.29, 1.82) is 0 Å². The fraction of sp³-hybridized carbons (Fsp3) is 0.429. The smallest absolute Gasteiger partial charge is 0.0499 e. The van der Waals surface area contributed by atoms with Gasteiger partial charge in [-0.05, 0) is 44.0 Å². The number of aromatic nitrogens is 1. The monoisotopic (exact) mass is 292 g/mol. The summed E-state index contributed by atoms with van der Waals surface area (Å²) < 4.78 is 3.72. The third-order valence-corrected chi connectivity index (χ3v) is 4.30. The van der Waals surface area contributed by atoms with Gasteiger partial charge in [-0.25, -0.2) is 0 Å². The van der Waals surface area contributed by atoms with Gasteiger partial charge in [0, 0.05) is 33.5 Å². The maximum Gasteiger partial charge on any atom is 0.0499 e. The maximum absolute atomic E-state index is 5.75. The summed E-state index contributed by atoms with van der Waals surface area (Å²) in [4.78, 5) is 0. The van der Waals surface area contributed by atoms with Crippen LogP contribution in [-0.4, -0.2) is 11.1 Å². The standard InChI is InChI=1S/C14H17BrN2/c1-9-12(7-8-16)17(10-5-6-10)13-4-2-3-11(15)14(9)13/h2-4,10H,5-8,16H2,1H3. The van der Waals surface area contributed by atoms with Crippen LogP contribution >= 0.6 is 15.9 Å². The summed E-state index contributed by atoms with van der Waals surface area (Å²) in [5, 5.41) is 1.36. The van der Waals surface area contributed by atoms with E-state index in [1.165, 1.54) is 39.5 Å². The van der Waals surface area contributed by atoms with Gasteiger partial charge >= 0.3 is 0 Å². The van der Waals surface area contributed by atoms with Gasteiger partial charge in [-0.3, -0.25) is 0 Å². The molecule has 0 unspecified atom stereocenters. The van der Waals surface area contributed by atoms with Gasteiger partial charge in [-0.1, -0.05) is 22.0 Å².